The summed E-state index contributed by atoms with van der Waals surface area (Å²) in [6.45, 7) is 0. The first-order valence-electron chi connectivity index (χ1n) is 7.81. The third-order valence-electron chi connectivity index (χ3n) is 4.07. The summed E-state index contributed by atoms with van der Waals surface area (Å²) in [5.41, 5.74) is 4.89. The van der Waals surface area contributed by atoms with E-state index >= 15 is 0 Å². The van der Waals surface area contributed by atoms with E-state index in [1.807, 2.05) is 6.07 Å². The number of rotatable bonds is 5. The molecule has 0 bridgehead atoms. The second kappa shape index (κ2) is 7.05. The van der Waals surface area contributed by atoms with Crippen LogP contribution in [0, 0.1) is 0 Å². The van der Waals surface area contributed by atoms with Crippen LogP contribution in [0.2, 0.25) is 0 Å². The van der Waals surface area contributed by atoms with E-state index in [9.17, 15) is 0 Å². The molecule has 0 amide bonds. The highest BCUT2D eigenvalue weighted by Gasteiger charge is 2.15. The Morgan fingerprint density at radius 1 is 0.870 bits per heavy atom. The molecule has 0 N–H and O–H groups in total. The maximum absolute atomic E-state index is 4.40. The molecule has 3 rings (SSSR count). The monoisotopic (exact) mass is 303 g/mol. The van der Waals surface area contributed by atoms with E-state index in [2.05, 4.69) is 83.6 Å². The van der Waals surface area contributed by atoms with E-state index < -0.39 is 0 Å². The minimum atomic E-state index is 0.294. The summed E-state index contributed by atoms with van der Waals surface area (Å²) in [6.07, 6.45) is 4.29. The molecule has 0 aliphatic carbocycles. The van der Waals surface area contributed by atoms with Crippen LogP contribution < -0.4 is 4.90 Å². The summed E-state index contributed by atoms with van der Waals surface area (Å²) in [4.78, 5) is 10.5. The fraction of sp³-hybridized carbons (Fsp3) is 0.200. The van der Waals surface area contributed by atoms with Gasteiger partial charge in [-0.3, -0.25) is 0 Å². The standard InChI is InChI=1S/C20H21N3/c1-23(2)19-10-8-17(9-11-19)20(16-6-4-3-5-7-16)14-18-12-13-21-15-22-18/h3-13,15,20H,14H2,1-2H3/t20-/m1/s1. The Bertz CT molecular complexity index is 722. The van der Waals surface area contributed by atoms with Gasteiger partial charge in [-0.1, -0.05) is 42.5 Å². The van der Waals surface area contributed by atoms with Crippen LogP contribution >= 0.6 is 0 Å². The summed E-state index contributed by atoms with van der Waals surface area (Å²) in [5, 5.41) is 0. The van der Waals surface area contributed by atoms with Crippen LogP contribution in [0.15, 0.2) is 73.2 Å². The minimum Gasteiger partial charge on any atom is -0.378 e. The molecule has 0 saturated heterocycles. The maximum atomic E-state index is 4.40. The molecule has 3 heteroatoms. The van der Waals surface area contributed by atoms with Crippen molar-refractivity contribution in [1.29, 1.82) is 0 Å². The number of benzene rings is 2. The topological polar surface area (TPSA) is 29.0 Å². The molecule has 3 nitrogen and oxygen atoms in total. The van der Waals surface area contributed by atoms with Crippen LogP contribution in [0.4, 0.5) is 5.69 Å². The molecule has 0 fully saturated rings. The highest BCUT2D eigenvalue weighted by molar-refractivity contribution is 5.48. The third kappa shape index (κ3) is 3.75. The van der Waals surface area contributed by atoms with Gasteiger partial charge in [0.25, 0.3) is 0 Å². The molecule has 0 saturated carbocycles. The second-order valence-electron chi connectivity index (χ2n) is 5.85. The number of hydrogen-bond donors (Lipinski definition) is 0. The van der Waals surface area contributed by atoms with Gasteiger partial charge < -0.3 is 4.90 Å². The number of hydrogen-bond acceptors (Lipinski definition) is 3. The van der Waals surface area contributed by atoms with Crippen LogP contribution in [0.25, 0.3) is 0 Å². The molecule has 116 valence electrons. The Kier molecular flexibility index (Phi) is 4.67. The maximum Gasteiger partial charge on any atom is 0.115 e. The molecule has 1 heterocycles. The Morgan fingerprint density at radius 3 is 2.17 bits per heavy atom. The van der Waals surface area contributed by atoms with Gasteiger partial charge in [-0.25, -0.2) is 9.97 Å². The van der Waals surface area contributed by atoms with Crippen molar-refractivity contribution in [1.82, 2.24) is 9.97 Å². The van der Waals surface area contributed by atoms with E-state index in [0.29, 0.717) is 5.92 Å². The lowest BCUT2D eigenvalue weighted by Gasteiger charge is -2.19. The van der Waals surface area contributed by atoms with Gasteiger partial charge in [0.15, 0.2) is 0 Å². The van der Waals surface area contributed by atoms with Crippen molar-refractivity contribution in [3.63, 3.8) is 0 Å². The Labute approximate surface area is 137 Å². The van der Waals surface area contributed by atoms with Crippen molar-refractivity contribution in [2.24, 2.45) is 0 Å². The van der Waals surface area contributed by atoms with Gasteiger partial charge >= 0.3 is 0 Å². The van der Waals surface area contributed by atoms with E-state index in [0.717, 1.165) is 12.1 Å². The van der Waals surface area contributed by atoms with Crippen molar-refractivity contribution in [2.75, 3.05) is 19.0 Å². The fourth-order valence-electron chi connectivity index (χ4n) is 2.77. The molecule has 0 aliphatic heterocycles. The molecule has 23 heavy (non-hydrogen) atoms. The number of nitrogens with zero attached hydrogens (tertiary/aromatic N) is 3. The van der Waals surface area contributed by atoms with E-state index in [1.165, 1.54) is 16.8 Å². The van der Waals surface area contributed by atoms with Gasteiger partial charge in [0, 0.05) is 44.0 Å². The molecule has 1 atom stereocenters. The lowest BCUT2D eigenvalue weighted by Crippen LogP contribution is -2.10. The summed E-state index contributed by atoms with van der Waals surface area (Å²) in [7, 11) is 4.12. The average molecular weight is 303 g/mol. The van der Waals surface area contributed by atoms with Crippen molar-refractivity contribution < 1.29 is 0 Å². The van der Waals surface area contributed by atoms with E-state index in [-0.39, 0.29) is 0 Å². The molecule has 2 aromatic carbocycles. The molecule has 0 radical (unpaired) electrons. The molecular formula is C20H21N3. The lowest BCUT2D eigenvalue weighted by atomic mass is 9.87. The molecule has 3 aromatic rings. The second-order valence-corrected chi connectivity index (χ2v) is 5.85. The summed E-state index contributed by atoms with van der Waals surface area (Å²) < 4.78 is 0. The van der Waals surface area contributed by atoms with Crippen LogP contribution in [-0.4, -0.2) is 24.1 Å². The first-order valence-corrected chi connectivity index (χ1v) is 7.81. The van der Waals surface area contributed by atoms with Gasteiger partial charge in [-0.2, -0.15) is 0 Å². The fourth-order valence-corrected chi connectivity index (χ4v) is 2.77. The van der Waals surface area contributed by atoms with Crippen LogP contribution in [0.1, 0.15) is 22.7 Å². The van der Waals surface area contributed by atoms with Gasteiger partial charge in [-0.05, 0) is 29.3 Å². The van der Waals surface area contributed by atoms with E-state index in [1.54, 1.807) is 12.5 Å². The molecule has 0 aliphatic rings. The number of anilines is 1. The van der Waals surface area contributed by atoms with Gasteiger partial charge in [0.1, 0.15) is 6.33 Å². The van der Waals surface area contributed by atoms with Crippen molar-refractivity contribution in [3.05, 3.63) is 90.0 Å². The average Bonchev–Trinajstić information content (AvgIpc) is 2.61. The zero-order chi connectivity index (χ0) is 16.1. The zero-order valence-corrected chi connectivity index (χ0v) is 13.6. The third-order valence-corrected chi connectivity index (χ3v) is 4.07. The van der Waals surface area contributed by atoms with Gasteiger partial charge in [0.05, 0.1) is 0 Å². The summed E-state index contributed by atoms with van der Waals surface area (Å²) in [6, 6.07) is 21.4. The van der Waals surface area contributed by atoms with Gasteiger partial charge in [-0.15, -0.1) is 0 Å². The summed E-state index contributed by atoms with van der Waals surface area (Å²) >= 11 is 0. The zero-order valence-electron chi connectivity index (χ0n) is 13.6. The Balaban J connectivity index is 1.94. The first-order chi connectivity index (χ1) is 11.2. The summed E-state index contributed by atoms with van der Waals surface area (Å²) in [5.74, 6) is 0.294. The molecule has 1 aromatic heterocycles. The predicted octanol–water partition coefficient (Wildman–Crippen LogP) is 3.92. The Hall–Kier alpha value is -2.68. The minimum absolute atomic E-state index is 0.294. The van der Waals surface area contributed by atoms with Crippen LogP contribution in [0.5, 0.6) is 0 Å². The molecule has 0 spiro atoms. The largest absolute Gasteiger partial charge is 0.378 e. The lowest BCUT2D eigenvalue weighted by molar-refractivity contribution is 0.778. The predicted molar refractivity (Wildman–Crippen MR) is 94.8 cm³/mol. The van der Waals surface area contributed by atoms with E-state index in [4.69, 9.17) is 0 Å². The normalized spacial score (nSPS) is 11.9. The first kappa shape index (κ1) is 15.2. The van der Waals surface area contributed by atoms with Gasteiger partial charge in [0.2, 0.25) is 0 Å². The molecular weight excluding hydrogens is 282 g/mol. The highest BCUT2D eigenvalue weighted by Crippen LogP contribution is 2.29. The van der Waals surface area contributed by atoms with Crippen molar-refractivity contribution >= 4 is 5.69 Å². The van der Waals surface area contributed by atoms with Crippen LogP contribution in [0.3, 0.4) is 0 Å². The quantitative estimate of drug-likeness (QED) is 0.715. The van der Waals surface area contributed by atoms with Crippen LogP contribution in [-0.2, 0) is 6.42 Å². The van der Waals surface area contributed by atoms with Crippen molar-refractivity contribution in [2.45, 2.75) is 12.3 Å². The number of aromatic nitrogens is 2. The Morgan fingerprint density at radius 2 is 1.57 bits per heavy atom. The molecule has 0 unspecified atom stereocenters. The van der Waals surface area contributed by atoms with Crippen molar-refractivity contribution in [3.8, 4) is 0 Å². The highest BCUT2D eigenvalue weighted by atomic mass is 15.1. The SMILES string of the molecule is CN(C)c1ccc([C@H](Cc2ccncn2)c2ccccc2)cc1. The smallest absolute Gasteiger partial charge is 0.115 e.